The molecule has 0 spiro atoms. The normalized spacial score (nSPS) is 12.6. The second-order valence-electron chi connectivity index (χ2n) is 21.6. The van der Waals surface area contributed by atoms with Crippen LogP contribution < -0.4 is 15.9 Å². The molecule has 0 radical (unpaired) electrons. The molecule has 15 heteroatoms. The number of hydrogen-bond donors (Lipinski definition) is 1. The van der Waals surface area contributed by atoms with Crippen LogP contribution in [0.15, 0.2) is 70.5 Å². The first-order chi connectivity index (χ1) is 29.8. The summed E-state index contributed by atoms with van der Waals surface area (Å²) < 4.78 is 20.9. The predicted molar refractivity (Wildman–Crippen MR) is 277 cm³/mol. The summed E-state index contributed by atoms with van der Waals surface area (Å²) in [6.07, 6.45) is 9.46. The number of unbranched alkanes of at least 4 members (excludes halogenated alkanes) is 2. The average Bonchev–Trinajstić information content (AvgIpc) is 3.19. The van der Waals surface area contributed by atoms with Crippen molar-refractivity contribution in [2.75, 3.05) is 13.2 Å². The van der Waals surface area contributed by atoms with E-state index in [1.54, 1.807) is 0 Å². The van der Waals surface area contributed by atoms with Gasteiger partial charge in [-0.05, 0) is 139 Å². The lowest BCUT2D eigenvalue weighted by Gasteiger charge is -2.36. The number of aliphatic hydroxyl groups excluding tert-OH is 1. The molecule has 0 amide bonds. The molecule has 10 nitrogen and oxygen atoms in total. The van der Waals surface area contributed by atoms with E-state index in [1.807, 2.05) is 53.7 Å². The van der Waals surface area contributed by atoms with Crippen LogP contribution in [0.4, 0.5) is 0 Å². The number of aliphatic hydroxyl groups is 1. The molecule has 0 aliphatic rings. The lowest BCUT2D eigenvalue weighted by Crippen LogP contribution is -2.40. The van der Waals surface area contributed by atoms with E-state index < -0.39 is 22.2 Å². The number of nitrogens with zero attached hydrogens (tertiary/aromatic N) is 4. The van der Waals surface area contributed by atoms with E-state index in [0.717, 1.165) is 62.9 Å². The van der Waals surface area contributed by atoms with E-state index in [9.17, 15) is 9.59 Å². The third-order valence-electron chi connectivity index (χ3n) is 11.9. The summed E-state index contributed by atoms with van der Waals surface area (Å²) in [7, 11) is -3.22. The van der Waals surface area contributed by atoms with Crippen LogP contribution in [0.5, 0.6) is 5.75 Å². The highest BCUT2D eigenvalue weighted by Crippen LogP contribution is 2.37. The fraction of sp³-hybridized carbons (Fsp3) is 0.600. The van der Waals surface area contributed by atoms with Crippen LogP contribution >= 0.6 is 34.8 Å². The van der Waals surface area contributed by atoms with Crippen LogP contribution in [0.2, 0.25) is 51.3 Å². The van der Waals surface area contributed by atoms with Gasteiger partial charge in [-0.15, -0.1) is 0 Å². The molecule has 0 atom stereocenters. The van der Waals surface area contributed by atoms with E-state index in [1.165, 1.54) is 32.9 Å². The zero-order valence-corrected chi connectivity index (χ0v) is 46.5. The summed E-state index contributed by atoms with van der Waals surface area (Å²) in [5.41, 5.74) is 3.12. The monoisotopic (exact) mass is 992 g/mol. The Hall–Kier alpha value is -2.82. The minimum Gasteiger partial charge on any atom is -0.485 e. The highest BCUT2D eigenvalue weighted by Gasteiger charge is 2.37. The van der Waals surface area contributed by atoms with E-state index in [0.29, 0.717) is 17.4 Å². The van der Waals surface area contributed by atoms with Crippen LogP contribution in [-0.2, 0) is 46.0 Å². The van der Waals surface area contributed by atoms with Crippen LogP contribution in [0, 0.1) is 0 Å². The highest BCUT2D eigenvalue weighted by atomic mass is 35.5. The fourth-order valence-electron chi connectivity index (χ4n) is 5.61. The van der Waals surface area contributed by atoms with Gasteiger partial charge in [-0.1, -0.05) is 125 Å². The molecule has 0 saturated heterocycles. The Morgan fingerprint density at radius 3 is 1.31 bits per heavy atom. The minimum atomic E-state index is -1.65. The molecule has 0 fully saturated rings. The van der Waals surface area contributed by atoms with Gasteiger partial charge >= 0.3 is 0 Å². The van der Waals surface area contributed by atoms with Crippen molar-refractivity contribution in [3.05, 3.63) is 119 Å². The number of aromatic nitrogens is 4. The first-order valence-electron chi connectivity index (χ1n) is 22.7. The molecule has 4 aromatic rings. The number of aryl methyl sites for hydroxylation is 2. The number of halogens is 3. The molecule has 0 aliphatic heterocycles. The summed E-state index contributed by atoms with van der Waals surface area (Å²) in [5, 5.41) is 17.9. The lowest BCUT2D eigenvalue weighted by atomic mass is 10.1. The molecule has 0 aliphatic carbocycles. The van der Waals surface area contributed by atoms with Crippen molar-refractivity contribution in [2.24, 2.45) is 0 Å². The van der Waals surface area contributed by atoms with Gasteiger partial charge in [-0.3, -0.25) is 9.59 Å². The highest BCUT2D eigenvalue weighted by molar-refractivity contribution is 6.74. The Kier molecular flexibility index (Phi) is 22.4. The Balaban J connectivity index is 0.000000373. The molecule has 2 aromatic heterocycles. The maximum absolute atomic E-state index is 12.4. The molecule has 0 unspecified atom stereocenters. The number of benzene rings is 2. The van der Waals surface area contributed by atoms with Crippen molar-refractivity contribution in [2.45, 2.75) is 182 Å². The summed E-state index contributed by atoms with van der Waals surface area (Å²) in [5.74, 6) is 0.308. The van der Waals surface area contributed by atoms with Gasteiger partial charge in [-0.25, -0.2) is 9.36 Å². The Morgan fingerprint density at radius 2 is 0.923 bits per heavy atom. The number of hydrogen-bond acceptors (Lipinski definition) is 8. The van der Waals surface area contributed by atoms with Gasteiger partial charge in [0.05, 0.1) is 35.1 Å². The van der Waals surface area contributed by atoms with E-state index in [-0.39, 0.29) is 43.4 Å². The third kappa shape index (κ3) is 19.0. The molecule has 65 heavy (non-hydrogen) atoms. The topological polar surface area (TPSA) is 118 Å². The molecule has 0 saturated carbocycles. The van der Waals surface area contributed by atoms with E-state index in [4.69, 9.17) is 53.5 Å². The Labute approximate surface area is 407 Å². The van der Waals surface area contributed by atoms with Gasteiger partial charge in [0.15, 0.2) is 27.4 Å². The van der Waals surface area contributed by atoms with Gasteiger partial charge < -0.3 is 18.7 Å². The Bertz CT molecular complexity index is 2180. The van der Waals surface area contributed by atoms with Gasteiger partial charge in [0.25, 0.3) is 11.1 Å². The van der Waals surface area contributed by atoms with Crippen LogP contribution in [0.25, 0.3) is 0 Å². The number of ether oxygens (including phenoxy) is 1. The molecule has 2 heterocycles. The van der Waals surface area contributed by atoms with E-state index >= 15 is 0 Å². The molecule has 2 aromatic carbocycles. The summed E-state index contributed by atoms with van der Waals surface area (Å²) in [6.45, 7) is 36.4. The summed E-state index contributed by atoms with van der Waals surface area (Å²) in [4.78, 5) is 23.9. The van der Waals surface area contributed by atoms with Crippen LogP contribution in [-0.4, -0.2) is 54.5 Å². The number of rotatable bonds is 16. The first-order valence-corrected chi connectivity index (χ1v) is 29.7. The van der Waals surface area contributed by atoms with Crippen molar-refractivity contribution < 1.29 is 18.7 Å². The molecule has 0 bridgehead atoms. The van der Waals surface area contributed by atoms with Gasteiger partial charge in [0.1, 0.15) is 11.6 Å². The maximum Gasteiger partial charge on any atom is 0.289 e. The van der Waals surface area contributed by atoms with Crippen molar-refractivity contribution in [1.82, 2.24) is 19.6 Å². The summed E-state index contributed by atoms with van der Waals surface area (Å²) in [6, 6.07) is 16.6. The lowest BCUT2D eigenvalue weighted by molar-refractivity contribution is 0.279. The van der Waals surface area contributed by atoms with Crippen LogP contribution in [0.3, 0.4) is 0 Å². The van der Waals surface area contributed by atoms with Crippen molar-refractivity contribution in [1.29, 1.82) is 0 Å². The second kappa shape index (κ2) is 25.0. The standard InChI is InChI=1S/C25H39ClN2O3Si.C17H30O2Si.C8H10Cl2N2O/c1-24(2,3)28-23(29)22(26)21(17-27-28)30-18-20-14-12-19(13-15-20)11-9-10-16-31-32(7,8)25(4,5)6;1-17(2,3)20(4,5)19-13-7-6-8-15-9-11-16(14-18)12-10-15;1-8(2,3)12-7(13)6(10)5(9)4-11-12/h12-15,17H,9-11,16,18H2,1-8H3;9-12,18H,6-8,13-14H2,1-5H3;4H,1-3H3. The largest absolute Gasteiger partial charge is 0.485 e. The van der Waals surface area contributed by atoms with Gasteiger partial charge in [0.2, 0.25) is 0 Å². The smallest absolute Gasteiger partial charge is 0.289 e. The van der Waals surface area contributed by atoms with Gasteiger partial charge in [-0.2, -0.15) is 10.2 Å². The van der Waals surface area contributed by atoms with Crippen molar-refractivity contribution in [3.8, 4) is 5.75 Å². The van der Waals surface area contributed by atoms with Crippen molar-refractivity contribution >= 4 is 51.4 Å². The molecular formula is C50H79Cl3N4O6Si2. The zero-order valence-electron chi connectivity index (χ0n) is 42.3. The second-order valence-corrected chi connectivity index (χ2v) is 32.4. The third-order valence-corrected chi connectivity index (χ3v) is 22.1. The molecule has 1 N–H and O–H groups in total. The molecular weight excluding hydrogens is 915 g/mol. The Morgan fingerprint density at radius 1 is 0.554 bits per heavy atom. The maximum atomic E-state index is 12.4. The summed E-state index contributed by atoms with van der Waals surface area (Å²) >= 11 is 17.5. The first kappa shape index (κ1) is 58.3. The minimum absolute atomic E-state index is 0.0200. The zero-order chi connectivity index (χ0) is 49.6. The molecule has 364 valence electrons. The predicted octanol–water partition coefficient (Wildman–Crippen LogP) is 13.4. The quantitative estimate of drug-likeness (QED) is 0.0871. The SMILES string of the molecule is CC(C)(C)[Si](C)(C)OCCCCc1ccc(CO)cc1.CC(C)(C)n1ncc(Cl)c(Cl)c1=O.CC(C)(C)n1ncc(OCc2ccc(CCCCO[Si](C)(C)C(C)(C)C)cc2)c(Cl)c1=O. The van der Waals surface area contributed by atoms with Crippen LogP contribution in [0.1, 0.15) is 131 Å². The van der Waals surface area contributed by atoms with Gasteiger partial charge in [0, 0.05) is 13.2 Å². The molecule has 4 rings (SSSR count). The average molecular weight is 995 g/mol. The van der Waals surface area contributed by atoms with E-state index in [2.05, 4.69) is 114 Å². The van der Waals surface area contributed by atoms with Crippen molar-refractivity contribution in [3.63, 3.8) is 0 Å². The fourth-order valence-corrected chi connectivity index (χ4v) is 8.22.